The lowest BCUT2D eigenvalue weighted by molar-refractivity contribution is -0.203. The molecule has 4 aromatic rings. The summed E-state index contributed by atoms with van der Waals surface area (Å²) >= 11 is 12.3. The summed E-state index contributed by atoms with van der Waals surface area (Å²) < 4.78 is 47.9. The predicted molar refractivity (Wildman–Crippen MR) is 206 cm³/mol. The molecule has 290 valence electrons. The van der Waals surface area contributed by atoms with Gasteiger partial charge in [-0.15, -0.1) is 0 Å². The molecule has 1 N–H and O–H groups in total. The van der Waals surface area contributed by atoms with Crippen LogP contribution in [0.4, 0.5) is 0 Å². The molecule has 12 nitrogen and oxygen atoms in total. The standard InChI is InChI=1S/C41H42Cl2N2O10/c1-45-19-17-27-21-35(49-3)37(51-5)23-33(27)41(25-45,53-31-12-8-29(43)9-13-31)55-39(47)15-14-38(46)54-40(52-30-10-6-28(42)7-11-30)24-44-18-16-26-20-34(48-2)36(50-4)22-32(26)40/h6-15,20-23,44H,16-19,24-25H2,1-5H3/b15-14-. The van der Waals surface area contributed by atoms with Gasteiger partial charge in [-0.25, -0.2) is 9.59 Å². The van der Waals surface area contributed by atoms with E-state index in [0.29, 0.717) is 81.6 Å². The molecular weight excluding hydrogens is 751 g/mol. The minimum absolute atomic E-state index is 0.0641. The monoisotopic (exact) mass is 792 g/mol. The van der Waals surface area contributed by atoms with Gasteiger partial charge in [0.1, 0.15) is 11.5 Å². The number of nitrogens with one attached hydrogen (secondary N) is 1. The molecule has 0 saturated carbocycles. The Kier molecular flexibility index (Phi) is 12.3. The second kappa shape index (κ2) is 17.1. The third-order valence-corrected chi connectivity index (χ3v) is 9.79. The van der Waals surface area contributed by atoms with Crippen molar-refractivity contribution in [3.8, 4) is 34.5 Å². The molecule has 0 aliphatic carbocycles. The molecule has 0 radical (unpaired) electrons. The zero-order valence-electron chi connectivity index (χ0n) is 31.1. The van der Waals surface area contributed by atoms with Gasteiger partial charge >= 0.3 is 11.9 Å². The van der Waals surface area contributed by atoms with Gasteiger partial charge in [0.2, 0.25) is 0 Å². The van der Waals surface area contributed by atoms with Crippen LogP contribution in [0.3, 0.4) is 0 Å². The predicted octanol–water partition coefficient (Wildman–Crippen LogP) is 6.47. The second-order valence-corrected chi connectivity index (χ2v) is 13.8. The van der Waals surface area contributed by atoms with Crippen LogP contribution in [0.15, 0.2) is 84.9 Å². The van der Waals surface area contributed by atoms with Crippen LogP contribution in [-0.2, 0) is 43.5 Å². The Labute approximate surface area is 329 Å². The maximum Gasteiger partial charge on any atom is 0.334 e. The number of carbonyl (C=O) groups is 2. The molecule has 0 bridgehead atoms. The largest absolute Gasteiger partial charge is 0.493 e. The van der Waals surface area contributed by atoms with Crippen LogP contribution in [0, 0.1) is 0 Å². The summed E-state index contributed by atoms with van der Waals surface area (Å²) in [5.41, 5.74) is 2.71. The third kappa shape index (κ3) is 8.89. The van der Waals surface area contributed by atoms with Crippen molar-refractivity contribution in [2.24, 2.45) is 0 Å². The summed E-state index contributed by atoms with van der Waals surface area (Å²) in [5, 5.41) is 4.32. The summed E-state index contributed by atoms with van der Waals surface area (Å²) in [5.74, 6) is -2.53. The Bertz CT molecular complexity index is 2040. The molecule has 2 aliphatic rings. The van der Waals surface area contributed by atoms with E-state index in [2.05, 4.69) is 5.32 Å². The molecule has 4 aromatic carbocycles. The van der Waals surface area contributed by atoms with E-state index in [9.17, 15) is 9.59 Å². The fourth-order valence-electron chi connectivity index (χ4n) is 6.68. The van der Waals surface area contributed by atoms with E-state index in [1.165, 1.54) is 14.2 Å². The molecule has 2 atom stereocenters. The first-order valence-electron chi connectivity index (χ1n) is 17.4. The minimum Gasteiger partial charge on any atom is -0.493 e. The maximum atomic E-state index is 13.9. The van der Waals surface area contributed by atoms with Crippen LogP contribution in [0.1, 0.15) is 22.3 Å². The van der Waals surface area contributed by atoms with Gasteiger partial charge in [-0.2, -0.15) is 0 Å². The van der Waals surface area contributed by atoms with Gasteiger partial charge < -0.3 is 43.2 Å². The van der Waals surface area contributed by atoms with Crippen LogP contribution in [0.5, 0.6) is 34.5 Å². The summed E-state index contributed by atoms with van der Waals surface area (Å²) in [6.07, 6.45) is 3.16. The number of carbonyl (C=O) groups excluding carboxylic acids is 2. The van der Waals surface area contributed by atoms with E-state index in [1.54, 1.807) is 74.9 Å². The molecule has 55 heavy (non-hydrogen) atoms. The number of hydrogen-bond donors (Lipinski definition) is 1. The molecule has 0 aromatic heterocycles. The first-order valence-corrected chi connectivity index (χ1v) is 18.2. The number of nitrogens with zero attached hydrogens (tertiary/aromatic N) is 1. The number of hydrogen-bond acceptors (Lipinski definition) is 12. The summed E-state index contributed by atoms with van der Waals surface area (Å²) in [7, 11) is 8.03. The molecule has 0 spiro atoms. The van der Waals surface area contributed by atoms with Crippen molar-refractivity contribution in [2.75, 3.05) is 61.7 Å². The van der Waals surface area contributed by atoms with Gasteiger partial charge in [0, 0.05) is 39.9 Å². The van der Waals surface area contributed by atoms with Crippen molar-refractivity contribution in [1.29, 1.82) is 0 Å². The number of likely N-dealkylation sites (N-methyl/N-ethyl adjacent to an activating group) is 1. The quantitative estimate of drug-likeness (QED) is 0.0962. The lowest BCUT2D eigenvalue weighted by Crippen LogP contribution is -2.47. The zero-order chi connectivity index (χ0) is 39.2. The van der Waals surface area contributed by atoms with Crippen LogP contribution in [-0.4, -0.2) is 78.5 Å². The van der Waals surface area contributed by atoms with Crippen molar-refractivity contribution < 1.29 is 47.5 Å². The van der Waals surface area contributed by atoms with Crippen LogP contribution in [0.25, 0.3) is 0 Å². The van der Waals surface area contributed by atoms with Crippen molar-refractivity contribution in [3.63, 3.8) is 0 Å². The first kappa shape index (κ1) is 39.6. The first-order chi connectivity index (χ1) is 26.5. The summed E-state index contributed by atoms with van der Waals surface area (Å²) in [4.78, 5) is 29.7. The van der Waals surface area contributed by atoms with Crippen molar-refractivity contribution in [2.45, 2.75) is 24.4 Å². The number of benzene rings is 4. The minimum atomic E-state index is -1.71. The number of fused-ring (bicyclic) bond motifs is 2. The van der Waals surface area contributed by atoms with Crippen molar-refractivity contribution in [1.82, 2.24) is 10.2 Å². The van der Waals surface area contributed by atoms with Gasteiger partial charge in [-0.1, -0.05) is 23.2 Å². The third-order valence-electron chi connectivity index (χ3n) is 9.29. The number of esters is 2. The van der Waals surface area contributed by atoms with Gasteiger partial charge in [0.15, 0.2) is 23.0 Å². The van der Waals surface area contributed by atoms with E-state index >= 15 is 0 Å². The fraction of sp³-hybridized carbons (Fsp3) is 0.317. The van der Waals surface area contributed by atoms with Gasteiger partial charge in [-0.3, -0.25) is 4.90 Å². The molecule has 2 aliphatic heterocycles. The normalized spacial score (nSPS) is 19.5. The summed E-state index contributed by atoms with van der Waals surface area (Å²) in [6, 6.07) is 20.5. The molecule has 0 amide bonds. The Morgan fingerprint density at radius 3 is 1.60 bits per heavy atom. The van der Waals surface area contributed by atoms with E-state index in [1.807, 2.05) is 24.1 Å². The molecular formula is C41H42Cl2N2O10. The van der Waals surface area contributed by atoms with E-state index in [-0.39, 0.29) is 13.1 Å². The van der Waals surface area contributed by atoms with Gasteiger partial charge in [0.05, 0.1) is 41.5 Å². The van der Waals surface area contributed by atoms with E-state index in [0.717, 1.165) is 23.3 Å². The number of halogens is 2. The lowest BCUT2D eigenvalue weighted by atomic mass is 9.97. The Hall–Kier alpha value is -5.14. The van der Waals surface area contributed by atoms with Crippen molar-refractivity contribution >= 4 is 35.1 Å². The highest BCUT2D eigenvalue weighted by atomic mass is 35.5. The smallest absolute Gasteiger partial charge is 0.334 e. The molecule has 0 saturated heterocycles. The van der Waals surface area contributed by atoms with Gasteiger partial charge in [0.25, 0.3) is 11.6 Å². The molecule has 14 heteroatoms. The molecule has 2 heterocycles. The fourth-order valence-corrected chi connectivity index (χ4v) is 6.93. The van der Waals surface area contributed by atoms with Crippen LogP contribution < -0.4 is 33.7 Å². The highest BCUT2D eigenvalue weighted by Gasteiger charge is 2.45. The Morgan fingerprint density at radius 1 is 0.655 bits per heavy atom. The number of rotatable bonds is 12. The SMILES string of the molecule is COc1cc2c(cc1OC)C(OC(=O)/C=C\C(=O)OC1(Oc3ccc(Cl)cc3)CN(C)CCc3cc(OC)c(OC)cc31)(Oc1ccc(Cl)cc1)CNCC2. The second-order valence-electron chi connectivity index (χ2n) is 12.9. The molecule has 6 rings (SSSR count). The van der Waals surface area contributed by atoms with E-state index < -0.39 is 23.5 Å². The van der Waals surface area contributed by atoms with Crippen LogP contribution in [0.2, 0.25) is 10.0 Å². The Balaban J connectivity index is 1.36. The molecule has 0 fully saturated rings. The summed E-state index contributed by atoms with van der Waals surface area (Å²) in [6.45, 7) is 1.37. The van der Waals surface area contributed by atoms with Crippen molar-refractivity contribution in [3.05, 3.63) is 117 Å². The number of ether oxygens (including phenoxy) is 8. The highest BCUT2D eigenvalue weighted by Crippen LogP contribution is 2.42. The van der Waals surface area contributed by atoms with Gasteiger partial charge in [-0.05, 0) is 110 Å². The van der Waals surface area contributed by atoms with E-state index in [4.69, 9.17) is 61.1 Å². The lowest BCUT2D eigenvalue weighted by Gasteiger charge is -2.36. The number of methoxy groups -OCH3 is 4. The topological polar surface area (TPSA) is 123 Å². The van der Waals surface area contributed by atoms with Crippen LogP contribution >= 0.6 is 23.2 Å². The highest BCUT2D eigenvalue weighted by molar-refractivity contribution is 6.30. The Morgan fingerprint density at radius 2 is 1.09 bits per heavy atom. The average molecular weight is 794 g/mol. The maximum absolute atomic E-state index is 13.9. The zero-order valence-corrected chi connectivity index (χ0v) is 32.6. The average Bonchev–Trinajstić information content (AvgIpc) is 3.43. The molecule has 2 unspecified atom stereocenters.